The molecule has 1 aliphatic rings. The Labute approximate surface area is 114 Å². The van der Waals surface area contributed by atoms with Crippen LogP contribution in [-0.2, 0) is 11.2 Å². The quantitative estimate of drug-likeness (QED) is 0.902. The molecule has 0 fully saturated rings. The SMILES string of the molecule is COc1cccc2c1N(C(=O)CNC(C)C)CCC2. The summed E-state index contributed by atoms with van der Waals surface area (Å²) in [7, 11) is 1.65. The van der Waals surface area contributed by atoms with E-state index in [-0.39, 0.29) is 5.91 Å². The molecule has 4 nitrogen and oxygen atoms in total. The van der Waals surface area contributed by atoms with Crippen molar-refractivity contribution in [1.29, 1.82) is 0 Å². The number of hydrogen-bond donors (Lipinski definition) is 1. The fraction of sp³-hybridized carbons (Fsp3) is 0.533. The van der Waals surface area contributed by atoms with Crippen LogP contribution in [0.2, 0.25) is 0 Å². The molecule has 0 unspecified atom stereocenters. The molecular formula is C15H22N2O2. The van der Waals surface area contributed by atoms with E-state index in [0.717, 1.165) is 30.8 Å². The van der Waals surface area contributed by atoms with Gasteiger partial charge in [-0.25, -0.2) is 0 Å². The van der Waals surface area contributed by atoms with Crippen molar-refractivity contribution in [2.24, 2.45) is 0 Å². The standard InChI is InChI=1S/C15H22N2O2/c1-11(2)16-10-14(18)17-9-5-7-12-6-4-8-13(19-3)15(12)17/h4,6,8,11,16H,5,7,9-10H2,1-3H3. The third-order valence-corrected chi connectivity index (χ3v) is 3.36. The number of carbonyl (C=O) groups is 1. The van der Waals surface area contributed by atoms with Gasteiger partial charge in [-0.2, -0.15) is 0 Å². The number of methoxy groups -OCH3 is 1. The van der Waals surface area contributed by atoms with Crippen LogP contribution in [0.15, 0.2) is 18.2 Å². The van der Waals surface area contributed by atoms with E-state index in [2.05, 4.69) is 11.4 Å². The fourth-order valence-corrected chi connectivity index (χ4v) is 2.42. The number of amides is 1. The molecule has 0 spiro atoms. The normalized spacial score (nSPS) is 14.4. The lowest BCUT2D eigenvalue weighted by molar-refractivity contribution is -0.118. The average molecular weight is 262 g/mol. The van der Waals surface area contributed by atoms with Crippen molar-refractivity contribution >= 4 is 11.6 Å². The van der Waals surface area contributed by atoms with E-state index in [0.29, 0.717) is 12.6 Å². The average Bonchev–Trinajstić information content (AvgIpc) is 2.43. The first-order valence-corrected chi connectivity index (χ1v) is 6.83. The van der Waals surface area contributed by atoms with Crippen molar-refractivity contribution in [3.8, 4) is 5.75 Å². The van der Waals surface area contributed by atoms with Gasteiger partial charge >= 0.3 is 0 Å². The molecule has 4 heteroatoms. The van der Waals surface area contributed by atoms with E-state index >= 15 is 0 Å². The van der Waals surface area contributed by atoms with Gasteiger partial charge in [0.15, 0.2) is 0 Å². The molecule has 2 rings (SSSR count). The first-order valence-electron chi connectivity index (χ1n) is 6.83. The molecule has 0 atom stereocenters. The molecule has 0 saturated heterocycles. The summed E-state index contributed by atoms with van der Waals surface area (Å²) in [6.45, 7) is 5.22. The molecular weight excluding hydrogens is 240 g/mol. The molecule has 0 bridgehead atoms. The van der Waals surface area contributed by atoms with Gasteiger partial charge in [0.05, 0.1) is 19.3 Å². The van der Waals surface area contributed by atoms with Gasteiger partial charge in [-0.1, -0.05) is 26.0 Å². The second-order valence-corrected chi connectivity index (χ2v) is 5.15. The minimum Gasteiger partial charge on any atom is -0.495 e. The number of benzene rings is 1. The van der Waals surface area contributed by atoms with Crippen molar-refractivity contribution in [3.63, 3.8) is 0 Å². The Bertz CT molecular complexity index is 443. The molecule has 1 amide bonds. The van der Waals surface area contributed by atoms with Gasteiger partial charge in [0, 0.05) is 12.6 Å². The van der Waals surface area contributed by atoms with Crippen LogP contribution < -0.4 is 15.0 Å². The van der Waals surface area contributed by atoms with Gasteiger partial charge in [-0.3, -0.25) is 4.79 Å². The number of carbonyl (C=O) groups excluding carboxylic acids is 1. The number of anilines is 1. The lowest BCUT2D eigenvalue weighted by atomic mass is 10.0. The Balaban J connectivity index is 2.23. The predicted octanol–water partition coefficient (Wildman–Crippen LogP) is 1.97. The van der Waals surface area contributed by atoms with E-state index in [9.17, 15) is 4.79 Å². The lowest BCUT2D eigenvalue weighted by Crippen LogP contribution is -2.42. The second kappa shape index (κ2) is 6.06. The predicted molar refractivity (Wildman–Crippen MR) is 76.8 cm³/mol. The fourth-order valence-electron chi connectivity index (χ4n) is 2.42. The third kappa shape index (κ3) is 3.07. The van der Waals surface area contributed by atoms with Crippen molar-refractivity contribution in [1.82, 2.24) is 5.32 Å². The molecule has 1 heterocycles. The monoisotopic (exact) mass is 262 g/mol. The van der Waals surface area contributed by atoms with E-state index in [1.54, 1.807) is 7.11 Å². The summed E-state index contributed by atoms with van der Waals surface area (Å²) < 4.78 is 5.40. The number of aryl methyl sites for hydroxylation is 1. The summed E-state index contributed by atoms with van der Waals surface area (Å²) in [6.07, 6.45) is 2.02. The third-order valence-electron chi connectivity index (χ3n) is 3.36. The molecule has 0 radical (unpaired) electrons. The highest BCUT2D eigenvalue weighted by Crippen LogP contribution is 2.35. The first-order chi connectivity index (χ1) is 9.13. The first kappa shape index (κ1) is 13.9. The van der Waals surface area contributed by atoms with Gasteiger partial charge in [0.1, 0.15) is 5.75 Å². The highest BCUT2D eigenvalue weighted by Gasteiger charge is 2.25. The number of nitrogens with zero attached hydrogens (tertiary/aromatic N) is 1. The number of hydrogen-bond acceptors (Lipinski definition) is 3. The van der Waals surface area contributed by atoms with Gasteiger partial charge in [-0.15, -0.1) is 0 Å². The molecule has 19 heavy (non-hydrogen) atoms. The Morgan fingerprint density at radius 3 is 2.95 bits per heavy atom. The second-order valence-electron chi connectivity index (χ2n) is 5.15. The van der Waals surface area contributed by atoms with Crippen LogP contribution in [0.3, 0.4) is 0 Å². The molecule has 1 aliphatic heterocycles. The molecule has 104 valence electrons. The Hall–Kier alpha value is -1.55. The highest BCUT2D eigenvalue weighted by atomic mass is 16.5. The van der Waals surface area contributed by atoms with Crippen LogP contribution in [0, 0.1) is 0 Å². The van der Waals surface area contributed by atoms with Crippen LogP contribution in [0.1, 0.15) is 25.8 Å². The molecule has 1 aromatic rings. The van der Waals surface area contributed by atoms with E-state index in [1.165, 1.54) is 5.56 Å². The van der Waals surface area contributed by atoms with Crippen LogP contribution in [0.25, 0.3) is 0 Å². The summed E-state index contributed by atoms with van der Waals surface area (Å²) in [6, 6.07) is 6.29. The van der Waals surface area contributed by atoms with Crippen LogP contribution in [0.4, 0.5) is 5.69 Å². The summed E-state index contributed by atoms with van der Waals surface area (Å²) in [5.74, 6) is 0.897. The van der Waals surface area contributed by atoms with E-state index in [1.807, 2.05) is 30.9 Å². The molecule has 0 saturated carbocycles. The summed E-state index contributed by atoms with van der Waals surface area (Å²) >= 11 is 0. The number of fused-ring (bicyclic) bond motifs is 1. The van der Waals surface area contributed by atoms with E-state index < -0.39 is 0 Å². The van der Waals surface area contributed by atoms with Gasteiger partial charge in [-0.05, 0) is 24.5 Å². The van der Waals surface area contributed by atoms with Crippen LogP contribution >= 0.6 is 0 Å². The highest BCUT2D eigenvalue weighted by molar-refractivity contribution is 5.97. The van der Waals surface area contributed by atoms with Crippen LogP contribution in [0.5, 0.6) is 5.75 Å². The minimum absolute atomic E-state index is 0.110. The van der Waals surface area contributed by atoms with Crippen molar-refractivity contribution < 1.29 is 9.53 Å². The van der Waals surface area contributed by atoms with Crippen molar-refractivity contribution in [2.45, 2.75) is 32.7 Å². The number of nitrogens with one attached hydrogen (secondary N) is 1. The van der Waals surface area contributed by atoms with Crippen molar-refractivity contribution in [2.75, 3.05) is 25.1 Å². The molecule has 1 aromatic carbocycles. The Kier molecular flexibility index (Phi) is 4.43. The molecule has 0 aliphatic carbocycles. The maximum Gasteiger partial charge on any atom is 0.241 e. The largest absolute Gasteiger partial charge is 0.495 e. The van der Waals surface area contributed by atoms with E-state index in [4.69, 9.17) is 4.74 Å². The zero-order valence-electron chi connectivity index (χ0n) is 11.9. The Morgan fingerprint density at radius 1 is 1.47 bits per heavy atom. The van der Waals surface area contributed by atoms with Crippen LogP contribution in [-0.4, -0.2) is 32.1 Å². The maximum absolute atomic E-state index is 12.3. The van der Waals surface area contributed by atoms with Gasteiger partial charge in [0.2, 0.25) is 5.91 Å². The Morgan fingerprint density at radius 2 is 2.26 bits per heavy atom. The maximum atomic E-state index is 12.3. The van der Waals surface area contributed by atoms with Gasteiger partial charge < -0.3 is 15.0 Å². The zero-order valence-corrected chi connectivity index (χ0v) is 11.9. The minimum atomic E-state index is 0.110. The summed E-state index contributed by atoms with van der Waals surface area (Å²) in [5.41, 5.74) is 2.15. The smallest absolute Gasteiger partial charge is 0.241 e. The topological polar surface area (TPSA) is 41.6 Å². The van der Waals surface area contributed by atoms with Gasteiger partial charge in [0.25, 0.3) is 0 Å². The molecule has 0 aromatic heterocycles. The lowest BCUT2D eigenvalue weighted by Gasteiger charge is -2.31. The summed E-state index contributed by atoms with van der Waals surface area (Å²) in [4.78, 5) is 14.2. The van der Waals surface area contributed by atoms with Crippen molar-refractivity contribution in [3.05, 3.63) is 23.8 Å². The number of ether oxygens (including phenoxy) is 1. The number of para-hydroxylation sites is 1. The summed E-state index contributed by atoms with van der Waals surface area (Å²) in [5, 5.41) is 3.18. The number of rotatable bonds is 4. The molecule has 1 N–H and O–H groups in total. The zero-order chi connectivity index (χ0) is 13.8.